The summed E-state index contributed by atoms with van der Waals surface area (Å²) in [6.07, 6.45) is 2.22. The molecule has 0 heterocycles. The topological polar surface area (TPSA) is 43.4 Å². The zero-order chi connectivity index (χ0) is 7.98. The standard InChI is InChI=1S/C7H8O3/c1-6(8)4-3-5-7(9)10-2/h4-5H,1-2H3. The van der Waals surface area contributed by atoms with Crippen LogP contribution in [0.25, 0.3) is 0 Å². The molecule has 0 bridgehead atoms. The molecule has 0 atom stereocenters. The molecule has 0 aromatic rings. The highest BCUT2D eigenvalue weighted by Crippen LogP contribution is 1.75. The van der Waals surface area contributed by atoms with Crippen molar-refractivity contribution in [3.63, 3.8) is 0 Å². The fraction of sp³-hybridized carbons (Fsp3) is 0.286. The molecular formula is C7H8O3. The predicted octanol–water partition coefficient (Wildman–Crippen LogP) is 0.460. The third kappa shape index (κ3) is 4.81. The van der Waals surface area contributed by atoms with E-state index < -0.39 is 5.97 Å². The van der Waals surface area contributed by atoms with Crippen LogP contribution < -0.4 is 0 Å². The normalized spacial score (nSPS) is 7.40. The number of ether oxygens (including phenoxy) is 1. The van der Waals surface area contributed by atoms with E-state index in [1.807, 2.05) is 0 Å². The van der Waals surface area contributed by atoms with E-state index >= 15 is 0 Å². The minimum atomic E-state index is -0.516. The number of esters is 1. The van der Waals surface area contributed by atoms with E-state index in [0.29, 0.717) is 0 Å². The first-order chi connectivity index (χ1) is 4.66. The molecule has 0 amide bonds. The molecule has 0 saturated heterocycles. The second-order valence-corrected chi connectivity index (χ2v) is 1.59. The van der Waals surface area contributed by atoms with Crippen molar-refractivity contribution in [1.82, 2.24) is 0 Å². The van der Waals surface area contributed by atoms with Gasteiger partial charge in [0.15, 0.2) is 5.78 Å². The maximum absolute atomic E-state index is 10.3. The van der Waals surface area contributed by atoms with Crippen LogP contribution in [0.3, 0.4) is 0 Å². The first-order valence-corrected chi connectivity index (χ1v) is 2.68. The Balaban J connectivity index is 3.98. The van der Waals surface area contributed by atoms with Crippen LogP contribution in [0, 0.1) is 0 Å². The maximum Gasteiger partial charge on any atom is 0.338 e. The summed E-state index contributed by atoms with van der Waals surface area (Å²) < 4.78 is 4.24. The molecule has 0 rings (SSSR count). The van der Waals surface area contributed by atoms with Crippen LogP contribution in [-0.4, -0.2) is 18.9 Å². The number of carbonyl (C=O) groups excluding carboxylic acids is 2. The lowest BCUT2D eigenvalue weighted by molar-refractivity contribution is -0.134. The van der Waals surface area contributed by atoms with E-state index in [9.17, 15) is 9.59 Å². The molecule has 54 valence electrons. The summed E-state index contributed by atoms with van der Waals surface area (Å²) in [7, 11) is 1.26. The van der Waals surface area contributed by atoms with Gasteiger partial charge in [-0.05, 0) is 6.92 Å². The van der Waals surface area contributed by atoms with Crippen molar-refractivity contribution in [2.45, 2.75) is 6.92 Å². The molecule has 0 N–H and O–H groups in total. The number of methoxy groups -OCH3 is 1. The number of carbonyl (C=O) groups is 2. The van der Waals surface area contributed by atoms with Crippen molar-refractivity contribution < 1.29 is 14.3 Å². The Bertz CT molecular complexity index is 197. The first-order valence-electron chi connectivity index (χ1n) is 2.68. The SMILES string of the molecule is COC(=O)C=C=CC(C)=O. The van der Waals surface area contributed by atoms with Gasteiger partial charge in [0, 0.05) is 6.08 Å². The van der Waals surface area contributed by atoms with Crippen LogP contribution in [0.15, 0.2) is 17.9 Å². The third-order valence-electron chi connectivity index (χ3n) is 0.689. The quantitative estimate of drug-likeness (QED) is 0.318. The van der Waals surface area contributed by atoms with Crippen molar-refractivity contribution in [2.24, 2.45) is 0 Å². The zero-order valence-corrected chi connectivity index (χ0v) is 5.88. The lowest BCUT2D eigenvalue weighted by Gasteiger charge is -1.83. The van der Waals surface area contributed by atoms with Crippen molar-refractivity contribution in [2.75, 3.05) is 7.11 Å². The summed E-state index contributed by atoms with van der Waals surface area (Å²) in [6.45, 7) is 1.37. The minimum absolute atomic E-state index is 0.153. The highest BCUT2D eigenvalue weighted by atomic mass is 16.5. The van der Waals surface area contributed by atoms with Gasteiger partial charge in [-0.2, -0.15) is 0 Å². The van der Waals surface area contributed by atoms with Crippen molar-refractivity contribution >= 4 is 11.8 Å². The average molecular weight is 140 g/mol. The van der Waals surface area contributed by atoms with E-state index in [0.717, 1.165) is 12.2 Å². The third-order valence-corrected chi connectivity index (χ3v) is 0.689. The van der Waals surface area contributed by atoms with Crippen LogP contribution in [0.5, 0.6) is 0 Å². The van der Waals surface area contributed by atoms with Crippen LogP contribution in [0.2, 0.25) is 0 Å². The summed E-state index contributed by atoms with van der Waals surface area (Å²) in [6, 6.07) is 0. The highest BCUT2D eigenvalue weighted by molar-refractivity contribution is 5.88. The summed E-state index contributed by atoms with van der Waals surface area (Å²) in [5, 5.41) is 0. The zero-order valence-electron chi connectivity index (χ0n) is 5.88. The lowest BCUT2D eigenvalue weighted by Crippen LogP contribution is -1.92. The number of hydrogen-bond donors (Lipinski definition) is 0. The van der Waals surface area contributed by atoms with E-state index in [2.05, 4.69) is 10.5 Å². The lowest BCUT2D eigenvalue weighted by atomic mass is 10.4. The fourth-order valence-corrected chi connectivity index (χ4v) is 0.286. The van der Waals surface area contributed by atoms with Gasteiger partial charge in [0.1, 0.15) is 0 Å². The Morgan fingerprint density at radius 3 is 2.40 bits per heavy atom. The molecule has 0 aromatic heterocycles. The van der Waals surface area contributed by atoms with Crippen molar-refractivity contribution in [3.8, 4) is 0 Å². The number of rotatable bonds is 2. The van der Waals surface area contributed by atoms with Gasteiger partial charge in [-0.15, -0.1) is 5.73 Å². The average Bonchev–Trinajstić information content (AvgIpc) is 1.87. The van der Waals surface area contributed by atoms with Gasteiger partial charge in [0.25, 0.3) is 0 Å². The van der Waals surface area contributed by atoms with Gasteiger partial charge in [0.05, 0.1) is 13.2 Å². The maximum atomic E-state index is 10.3. The minimum Gasteiger partial charge on any atom is -0.465 e. The molecule has 0 radical (unpaired) electrons. The summed E-state index contributed by atoms with van der Waals surface area (Å²) in [5.74, 6) is -0.669. The molecule has 0 aromatic carbocycles. The summed E-state index contributed by atoms with van der Waals surface area (Å²) in [5.41, 5.74) is 2.36. The van der Waals surface area contributed by atoms with Crippen molar-refractivity contribution in [1.29, 1.82) is 0 Å². The molecule has 0 fully saturated rings. The van der Waals surface area contributed by atoms with Crippen molar-refractivity contribution in [3.05, 3.63) is 17.9 Å². The fourth-order valence-electron chi connectivity index (χ4n) is 0.286. The molecule has 3 nitrogen and oxygen atoms in total. The van der Waals surface area contributed by atoms with Crippen LogP contribution in [-0.2, 0) is 14.3 Å². The Morgan fingerprint density at radius 1 is 1.40 bits per heavy atom. The van der Waals surface area contributed by atoms with E-state index in [4.69, 9.17) is 0 Å². The monoisotopic (exact) mass is 140 g/mol. The molecule has 0 aliphatic rings. The number of hydrogen-bond acceptors (Lipinski definition) is 3. The summed E-state index contributed by atoms with van der Waals surface area (Å²) >= 11 is 0. The smallest absolute Gasteiger partial charge is 0.338 e. The van der Waals surface area contributed by atoms with Gasteiger partial charge < -0.3 is 4.74 Å². The van der Waals surface area contributed by atoms with E-state index in [-0.39, 0.29) is 5.78 Å². The second kappa shape index (κ2) is 4.53. The molecule has 10 heavy (non-hydrogen) atoms. The van der Waals surface area contributed by atoms with Gasteiger partial charge >= 0.3 is 5.97 Å². The van der Waals surface area contributed by atoms with Gasteiger partial charge in [0.2, 0.25) is 0 Å². The van der Waals surface area contributed by atoms with Crippen LogP contribution in [0.4, 0.5) is 0 Å². The van der Waals surface area contributed by atoms with Crippen LogP contribution in [0.1, 0.15) is 6.92 Å². The second-order valence-electron chi connectivity index (χ2n) is 1.59. The molecule has 0 unspecified atom stereocenters. The number of ketones is 1. The van der Waals surface area contributed by atoms with E-state index in [1.54, 1.807) is 0 Å². The van der Waals surface area contributed by atoms with Gasteiger partial charge in [-0.1, -0.05) is 0 Å². The largest absolute Gasteiger partial charge is 0.465 e. The Kier molecular flexibility index (Phi) is 3.92. The van der Waals surface area contributed by atoms with E-state index in [1.165, 1.54) is 14.0 Å². The molecule has 0 aliphatic carbocycles. The highest BCUT2D eigenvalue weighted by Gasteiger charge is 1.86. The summed E-state index contributed by atoms with van der Waals surface area (Å²) in [4.78, 5) is 20.5. The Hall–Kier alpha value is -1.34. The predicted molar refractivity (Wildman–Crippen MR) is 35.4 cm³/mol. The molecule has 0 aliphatic heterocycles. The Labute approximate surface area is 59.0 Å². The van der Waals surface area contributed by atoms with Gasteiger partial charge in [-0.25, -0.2) is 4.79 Å². The van der Waals surface area contributed by atoms with Crippen LogP contribution >= 0.6 is 0 Å². The molecule has 0 spiro atoms. The first kappa shape index (κ1) is 8.66. The van der Waals surface area contributed by atoms with Gasteiger partial charge in [-0.3, -0.25) is 4.79 Å². The Morgan fingerprint density at radius 2 is 2.00 bits per heavy atom. The molecule has 0 saturated carbocycles. The molecular weight excluding hydrogens is 132 g/mol. The molecule has 3 heteroatoms.